The number of hydrogen-bond acceptors (Lipinski definition) is 0. The van der Waals surface area contributed by atoms with Crippen molar-refractivity contribution in [3.8, 4) is 0 Å². The Morgan fingerprint density at radius 2 is 1.63 bits per heavy atom. The largest absolute Gasteiger partial charge is 0.207 e. The van der Waals surface area contributed by atoms with Crippen molar-refractivity contribution >= 4 is 27.5 Å². The maximum absolute atomic E-state index is 13.5. The summed E-state index contributed by atoms with van der Waals surface area (Å²) >= 11 is 9.32. The van der Waals surface area contributed by atoms with Crippen molar-refractivity contribution in [2.45, 2.75) is 11.2 Å². The molecular formula is C14H9BrClF3. The number of alkyl halides is 1. The molecule has 100 valence electrons. The molecule has 0 saturated carbocycles. The van der Waals surface area contributed by atoms with Crippen molar-refractivity contribution in [1.29, 1.82) is 0 Å². The van der Waals surface area contributed by atoms with Crippen LogP contribution in [0.5, 0.6) is 0 Å². The second kappa shape index (κ2) is 5.97. The second-order valence-corrected chi connectivity index (χ2v) is 5.59. The molecule has 0 fully saturated rings. The maximum atomic E-state index is 13.5. The highest BCUT2D eigenvalue weighted by Crippen LogP contribution is 2.33. The van der Waals surface area contributed by atoms with Crippen molar-refractivity contribution in [3.05, 3.63) is 70.0 Å². The van der Waals surface area contributed by atoms with Crippen LogP contribution in [0, 0.1) is 17.5 Å². The van der Waals surface area contributed by atoms with Gasteiger partial charge in [0.2, 0.25) is 0 Å². The molecule has 0 spiro atoms. The third-order valence-corrected chi connectivity index (χ3v) is 3.86. The van der Waals surface area contributed by atoms with Gasteiger partial charge in [-0.15, -0.1) is 0 Å². The van der Waals surface area contributed by atoms with Crippen LogP contribution in [0.2, 0.25) is 5.02 Å². The van der Waals surface area contributed by atoms with Gasteiger partial charge in [0.05, 0.1) is 0 Å². The van der Waals surface area contributed by atoms with E-state index in [9.17, 15) is 13.2 Å². The molecule has 2 rings (SSSR count). The molecule has 0 nitrogen and oxygen atoms in total. The Balaban J connectivity index is 2.23. The summed E-state index contributed by atoms with van der Waals surface area (Å²) in [4.78, 5) is -0.277. The summed E-state index contributed by atoms with van der Waals surface area (Å²) in [6, 6.07) is 7.45. The lowest BCUT2D eigenvalue weighted by Gasteiger charge is -2.13. The molecule has 0 saturated heterocycles. The number of halogens is 5. The van der Waals surface area contributed by atoms with E-state index in [1.54, 1.807) is 6.07 Å². The molecule has 0 N–H and O–H groups in total. The van der Waals surface area contributed by atoms with Gasteiger partial charge in [0, 0.05) is 15.9 Å². The summed E-state index contributed by atoms with van der Waals surface area (Å²) < 4.78 is 39.3. The Morgan fingerprint density at radius 3 is 2.26 bits per heavy atom. The van der Waals surface area contributed by atoms with Crippen LogP contribution in [0.4, 0.5) is 13.2 Å². The third-order valence-electron chi connectivity index (χ3n) is 2.71. The van der Waals surface area contributed by atoms with Crippen LogP contribution in [-0.2, 0) is 6.42 Å². The van der Waals surface area contributed by atoms with Gasteiger partial charge >= 0.3 is 0 Å². The number of hydrogen-bond donors (Lipinski definition) is 0. The molecule has 0 aliphatic carbocycles. The first kappa shape index (κ1) is 14.4. The molecule has 1 unspecified atom stereocenters. The standard InChI is InChI=1S/C14H9BrClF3/c15-12(11-4-3-9(17)6-13(11)16)5-8-1-2-10(18)7-14(8)19/h1-4,6-7,12H,5H2. The van der Waals surface area contributed by atoms with E-state index in [1.807, 2.05) is 0 Å². The molecule has 0 bridgehead atoms. The molecule has 2 aromatic rings. The van der Waals surface area contributed by atoms with Gasteiger partial charge < -0.3 is 0 Å². The first-order valence-corrected chi connectivity index (χ1v) is 6.79. The van der Waals surface area contributed by atoms with Gasteiger partial charge in [-0.1, -0.05) is 39.7 Å². The van der Waals surface area contributed by atoms with Crippen LogP contribution < -0.4 is 0 Å². The van der Waals surface area contributed by atoms with Crippen molar-refractivity contribution in [3.63, 3.8) is 0 Å². The molecule has 0 amide bonds. The minimum Gasteiger partial charge on any atom is -0.207 e. The van der Waals surface area contributed by atoms with E-state index in [0.717, 1.165) is 6.07 Å². The van der Waals surface area contributed by atoms with Crippen LogP contribution in [-0.4, -0.2) is 0 Å². The highest BCUT2D eigenvalue weighted by atomic mass is 79.9. The average Bonchev–Trinajstić information content (AvgIpc) is 2.32. The molecule has 0 radical (unpaired) electrons. The van der Waals surface area contributed by atoms with Gasteiger partial charge in [0.25, 0.3) is 0 Å². The van der Waals surface area contributed by atoms with Gasteiger partial charge in [0.15, 0.2) is 0 Å². The van der Waals surface area contributed by atoms with Gasteiger partial charge in [-0.05, 0) is 35.7 Å². The Bertz CT molecular complexity index is 601. The first-order valence-electron chi connectivity index (χ1n) is 5.50. The minimum absolute atomic E-state index is 0.268. The van der Waals surface area contributed by atoms with E-state index in [0.29, 0.717) is 11.1 Å². The summed E-state index contributed by atoms with van der Waals surface area (Å²) in [5.74, 6) is -1.66. The normalized spacial score (nSPS) is 12.5. The van der Waals surface area contributed by atoms with Crippen molar-refractivity contribution < 1.29 is 13.2 Å². The lowest BCUT2D eigenvalue weighted by atomic mass is 10.0. The van der Waals surface area contributed by atoms with E-state index in [1.165, 1.54) is 24.3 Å². The number of rotatable bonds is 3. The zero-order valence-electron chi connectivity index (χ0n) is 9.64. The zero-order chi connectivity index (χ0) is 14.0. The quantitative estimate of drug-likeness (QED) is 0.648. The second-order valence-electron chi connectivity index (χ2n) is 4.07. The fourth-order valence-corrected chi connectivity index (χ4v) is 2.92. The fraction of sp³-hybridized carbons (Fsp3) is 0.143. The minimum atomic E-state index is -0.618. The molecule has 1 atom stereocenters. The zero-order valence-corrected chi connectivity index (χ0v) is 12.0. The van der Waals surface area contributed by atoms with Crippen LogP contribution >= 0.6 is 27.5 Å². The predicted octanol–water partition coefficient (Wildman–Crippen LogP) is 5.44. The summed E-state index contributed by atoms with van der Waals surface area (Å²) in [6.07, 6.45) is 0.289. The molecule has 0 heterocycles. The van der Waals surface area contributed by atoms with Crippen molar-refractivity contribution in [2.75, 3.05) is 0 Å². The Labute approximate surface area is 122 Å². The fourth-order valence-electron chi connectivity index (χ4n) is 1.75. The molecule has 0 aliphatic heterocycles. The molecular weight excluding hydrogens is 341 g/mol. The van der Waals surface area contributed by atoms with Gasteiger partial charge in [0.1, 0.15) is 17.5 Å². The molecule has 2 aromatic carbocycles. The molecule has 0 aliphatic rings. The van der Waals surface area contributed by atoms with E-state index < -0.39 is 17.5 Å². The topological polar surface area (TPSA) is 0 Å². The van der Waals surface area contributed by atoms with E-state index >= 15 is 0 Å². The van der Waals surface area contributed by atoms with Gasteiger partial charge in [-0.25, -0.2) is 13.2 Å². The smallest absolute Gasteiger partial charge is 0.129 e. The Kier molecular flexibility index (Phi) is 4.53. The Morgan fingerprint density at radius 1 is 1.00 bits per heavy atom. The summed E-state index contributed by atoms with van der Waals surface area (Å²) in [7, 11) is 0. The Hall–Kier alpha value is -1.00. The SMILES string of the molecule is Fc1ccc(CC(Br)c2ccc(F)cc2Cl)c(F)c1. The highest BCUT2D eigenvalue weighted by Gasteiger charge is 2.15. The predicted molar refractivity (Wildman–Crippen MR) is 73.1 cm³/mol. The average molecular weight is 350 g/mol. The summed E-state index contributed by atoms with van der Waals surface area (Å²) in [5.41, 5.74) is 1.02. The van der Waals surface area contributed by atoms with Crippen molar-refractivity contribution in [2.24, 2.45) is 0 Å². The maximum Gasteiger partial charge on any atom is 0.129 e. The van der Waals surface area contributed by atoms with E-state index in [-0.39, 0.29) is 16.3 Å². The first-order chi connectivity index (χ1) is 8.97. The van der Waals surface area contributed by atoms with E-state index in [4.69, 9.17) is 11.6 Å². The number of benzene rings is 2. The lowest BCUT2D eigenvalue weighted by Crippen LogP contribution is -1.99. The summed E-state index contributed by atoms with van der Waals surface area (Å²) in [5, 5.41) is 0.268. The monoisotopic (exact) mass is 348 g/mol. The third kappa shape index (κ3) is 3.51. The van der Waals surface area contributed by atoms with Gasteiger partial charge in [-0.2, -0.15) is 0 Å². The summed E-state index contributed by atoms with van der Waals surface area (Å²) in [6.45, 7) is 0. The van der Waals surface area contributed by atoms with Gasteiger partial charge in [-0.3, -0.25) is 0 Å². The molecule has 19 heavy (non-hydrogen) atoms. The van der Waals surface area contributed by atoms with Crippen LogP contribution in [0.15, 0.2) is 36.4 Å². The highest BCUT2D eigenvalue weighted by molar-refractivity contribution is 9.09. The van der Waals surface area contributed by atoms with E-state index in [2.05, 4.69) is 15.9 Å². The van der Waals surface area contributed by atoms with Crippen molar-refractivity contribution in [1.82, 2.24) is 0 Å². The van der Waals surface area contributed by atoms with Crippen LogP contribution in [0.3, 0.4) is 0 Å². The lowest BCUT2D eigenvalue weighted by molar-refractivity contribution is 0.571. The van der Waals surface area contributed by atoms with Crippen LogP contribution in [0.25, 0.3) is 0 Å². The molecule has 5 heteroatoms. The van der Waals surface area contributed by atoms with Crippen LogP contribution in [0.1, 0.15) is 16.0 Å². The molecule has 0 aromatic heterocycles.